The number of anilines is 1. The third-order valence-corrected chi connectivity index (χ3v) is 3.61. The van der Waals surface area contributed by atoms with Gasteiger partial charge < -0.3 is 9.80 Å². The normalized spacial score (nSPS) is 24.6. The molecule has 2 nitrogen and oxygen atoms in total. The molecule has 1 unspecified atom stereocenters. The zero-order chi connectivity index (χ0) is 9.99. The number of para-hydroxylation sites is 1. The summed E-state index contributed by atoms with van der Waals surface area (Å²) in [5.74, 6) is 0. The van der Waals surface area contributed by atoms with Crippen LogP contribution in [0.1, 0.15) is 11.1 Å². The second-order valence-electron chi connectivity index (χ2n) is 4.46. The Morgan fingerprint density at radius 1 is 1.27 bits per heavy atom. The van der Waals surface area contributed by atoms with Crippen molar-refractivity contribution in [1.82, 2.24) is 4.90 Å². The molecule has 3 aliphatic heterocycles. The molecule has 15 heavy (non-hydrogen) atoms. The van der Waals surface area contributed by atoms with Gasteiger partial charge >= 0.3 is 0 Å². The van der Waals surface area contributed by atoms with E-state index in [1.807, 2.05) is 0 Å². The number of rotatable bonds is 0. The van der Waals surface area contributed by atoms with Crippen LogP contribution in [0.2, 0.25) is 0 Å². The average Bonchev–Trinajstić information content (AvgIpc) is 2.76. The first kappa shape index (κ1) is 7.57. The van der Waals surface area contributed by atoms with Crippen molar-refractivity contribution in [2.45, 2.75) is 12.6 Å². The van der Waals surface area contributed by atoms with Crippen molar-refractivity contribution in [2.75, 3.05) is 11.9 Å². The summed E-state index contributed by atoms with van der Waals surface area (Å²) >= 11 is 0. The van der Waals surface area contributed by atoms with E-state index in [0.717, 1.165) is 6.42 Å². The fraction of sp³-hybridized carbons (Fsp3) is 0.231. The molecule has 0 bridgehead atoms. The maximum Gasteiger partial charge on any atom is 0.110 e. The van der Waals surface area contributed by atoms with Gasteiger partial charge in [0.25, 0.3) is 0 Å². The molecule has 1 aromatic carbocycles. The lowest BCUT2D eigenvalue weighted by molar-refractivity contribution is 0.368. The van der Waals surface area contributed by atoms with Gasteiger partial charge in [-0.1, -0.05) is 24.3 Å². The summed E-state index contributed by atoms with van der Waals surface area (Å²) in [6, 6.07) is 6.62. The zero-order valence-electron chi connectivity index (χ0n) is 8.64. The van der Waals surface area contributed by atoms with Crippen molar-refractivity contribution in [3.8, 4) is 0 Å². The maximum absolute atomic E-state index is 2.46. The number of hydrogen-bond donors (Lipinski definition) is 0. The second kappa shape index (κ2) is 2.27. The van der Waals surface area contributed by atoms with Crippen LogP contribution in [0.15, 0.2) is 36.2 Å². The van der Waals surface area contributed by atoms with Gasteiger partial charge in [0.2, 0.25) is 0 Å². The number of allylic oxidation sites excluding steroid dienone is 1. The quantitative estimate of drug-likeness (QED) is 0.627. The van der Waals surface area contributed by atoms with Gasteiger partial charge in [-0.3, -0.25) is 0 Å². The van der Waals surface area contributed by atoms with Gasteiger partial charge in [0.1, 0.15) is 6.17 Å². The van der Waals surface area contributed by atoms with E-state index < -0.39 is 0 Å². The molecule has 4 rings (SSSR count). The highest BCUT2D eigenvalue weighted by Crippen LogP contribution is 2.45. The predicted octanol–water partition coefficient (Wildman–Crippen LogP) is 2.19. The van der Waals surface area contributed by atoms with Crippen molar-refractivity contribution >= 4 is 11.8 Å². The average molecular weight is 196 g/mol. The predicted molar refractivity (Wildman–Crippen MR) is 61.3 cm³/mol. The Hall–Kier alpha value is -1.70. The molecule has 0 aliphatic carbocycles. The summed E-state index contributed by atoms with van der Waals surface area (Å²) in [4.78, 5) is 4.78. The molecule has 1 aromatic rings. The number of nitrogens with zero attached hydrogens (tertiary/aromatic N) is 2. The van der Waals surface area contributed by atoms with E-state index in [4.69, 9.17) is 0 Å². The Bertz CT molecular complexity index is 513. The van der Waals surface area contributed by atoms with E-state index in [1.54, 1.807) is 0 Å². The van der Waals surface area contributed by atoms with Crippen LogP contribution in [-0.4, -0.2) is 18.1 Å². The molecule has 1 atom stereocenters. The molecular weight excluding hydrogens is 184 g/mol. The van der Waals surface area contributed by atoms with E-state index in [9.17, 15) is 0 Å². The molecule has 0 fully saturated rings. The van der Waals surface area contributed by atoms with Crippen molar-refractivity contribution < 1.29 is 0 Å². The third kappa shape index (κ3) is 0.765. The fourth-order valence-electron chi connectivity index (χ4n) is 2.92. The van der Waals surface area contributed by atoms with Gasteiger partial charge in [0, 0.05) is 19.7 Å². The van der Waals surface area contributed by atoms with Gasteiger partial charge in [0.15, 0.2) is 0 Å². The Labute approximate surface area is 89.1 Å². The summed E-state index contributed by atoms with van der Waals surface area (Å²) < 4.78 is 0. The molecule has 74 valence electrons. The maximum atomic E-state index is 2.46. The van der Waals surface area contributed by atoms with Crippen molar-refractivity contribution in [2.24, 2.45) is 0 Å². The SMILES string of the molecule is CN1C=C2C=Cc3cccc4c3N2C1C4. The first-order valence-corrected chi connectivity index (χ1v) is 5.37. The monoisotopic (exact) mass is 196 g/mol. The summed E-state index contributed by atoms with van der Waals surface area (Å²) in [6.07, 6.45) is 8.33. The van der Waals surface area contributed by atoms with E-state index in [2.05, 4.69) is 53.4 Å². The summed E-state index contributed by atoms with van der Waals surface area (Å²) in [5.41, 5.74) is 5.61. The van der Waals surface area contributed by atoms with Gasteiger partial charge in [-0.2, -0.15) is 0 Å². The summed E-state index contributed by atoms with van der Waals surface area (Å²) in [7, 11) is 2.16. The molecule has 3 aliphatic rings. The lowest BCUT2D eigenvalue weighted by Gasteiger charge is -2.27. The largest absolute Gasteiger partial charge is 0.358 e. The molecule has 0 saturated carbocycles. The van der Waals surface area contributed by atoms with Crippen LogP contribution >= 0.6 is 0 Å². The molecule has 0 spiro atoms. The molecule has 0 saturated heterocycles. The first-order valence-electron chi connectivity index (χ1n) is 5.37. The summed E-state index contributed by atoms with van der Waals surface area (Å²) in [6.45, 7) is 0. The van der Waals surface area contributed by atoms with E-state index in [1.165, 1.54) is 22.5 Å². The van der Waals surface area contributed by atoms with Crippen LogP contribution in [-0.2, 0) is 6.42 Å². The fourth-order valence-corrected chi connectivity index (χ4v) is 2.92. The van der Waals surface area contributed by atoms with Crippen LogP contribution in [0, 0.1) is 0 Å². The highest BCUT2D eigenvalue weighted by molar-refractivity contribution is 5.82. The van der Waals surface area contributed by atoms with Gasteiger partial charge in [-0.15, -0.1) is 0 Å². The lowest BCUT2D eigenvalue weighted by atomic mass is 10.0. The van der Waals surface area contributed by atoms with Crippen LogP contribution < -0.4 is 4.90 Å². The number of benzene rings is 1. The standard InChI is InChI=1S/C13H12N2/c1-14-8-11-6-5-9-3-2-4-10-7-12(14)15(11)13(9)10/h2-6,8,12H,7H2,1H3. The smallest absolute Gasteiger partial charge is 0.110 e. The van der Waals surface area contributed by atoms with Crippen LogP contribution in [0.3, 0.4) is 0 Å². The molecule has 0 radical (unpaired) electrons. The van der Waals surface area contributed by atoms with Crippen LogP contribution in [0.4, 0.5) is 5.69 Å². The van der Waals surface area contributed by atoms with E-state index in [0.29, 0.717) is 6.17 Å². The molecule has 0 aromatic heterocycles. The molecule has 0 amide bonds. The zero-order valence-corrected chi connectivity index (χ0v) is 8.64. The molecule has 0 N–H and O–H groups in total. The van der Waals surface area contributed by atoms with E-state index >= 15 is 0 Å². The lowest BCUT2D eigenvalue weighted by Crippen LogP contribution is -2.35. The Morgan fingerprint density at radius 2 is 2.20 bits per heavy atom. The Morgan fingerprint density at radius 3 is 3.13 bits per heavy atom. The molecule has 3 heterocycles. The van der Waals surface area contributed by atoms with Gasteiger partial charge in [-0.05, 0) is 17.2 Å². The van der Waals surface area contributed by atoms with Crippen LogP contribution in [0.25, 0.3) is 6.08 Å². The van der Waals surface area contributed by atoms with Crippen molar-refractivity contribution in [1.29, 1.82) is 0 Å². The third-order valence-electron chi connectivity index (χ3n) is 3.61. The van der Waals surface area contributed by atoms with Crippen LogP contribution in [0.5, 0.6) is 0 Å². The second-order valence-corrected chi connectivity index (χ2v) is 4.46. The minimum Gasteiger partial charge on any atom is -0.358 e. The van der Waals surface area contributed by atoms with Crippen molar-refractivity contribution in [3.05, 3.63) is 47.3 Å². The highest BCUT2D eigenvalue weighted by atomic mass is 15.4. The van der Waals surface area contributed by atoms with Gasteiger partial charge in [-0.25, -0.2) is 0 Å². The minimum atomic E-state index is 0.515. The Kier molecular flexibility index (Phi) is 1.15. The first-order chi connectivity index (χ1) is 7.34. The minimum absolute atomic E-state index is 0.515. The molecule has 2 heteroatoms. The molecular formula is C13H12N2. The Balaban J connectivity index is 2.05. The van der Waals surface area contributed by atoms with Crippen molar-refractivity contribution in [3.63, 3.8) is 0 Å². The highest BCUT2D eigenvalue weighted by Gasteiger charge is 2.39. The van der Waals surface area contributed by atoms with E-state index in [-0.39, 0.29) is 0 Å². The topological polar surface area (TPSA) is 6.48 Å². The number of hydrogen-bond acceptors (Lipinski definition) is 2. The van der Waals surface area contributed by atoms with Gasteiger partial charge in [0.05, 0.1) is 11.4 Å². The summed E-state index contributed by atoms with van der Waals surface area (Å²) in [5, 5.41) is 0. The number of likely N-dealkylation sites (N-methyl/N-ethyl adjacent to an activating group) is 1.